The van der Waals surface area contributed by atoms with Crippen LogP contribution >= 0.6 is 11.6 Å². The van der Waals surface area contributed by atoms with Gasteiger partial charge >= 0.3 is 0 Å². The molecule has 1 N–H and O–H groups in total. The predicted molar refractivity (Wildman–Crippen MR) is 112 cm³/mol. The minimum Gasteiger partial charge on any atom is -0.346 e. The molecule has 0 spiro atoms. The summed E-state index contributed by atoms with van der Waals surface area (Å²) in [6.07, 6.45) is 1.58. The summed E-state index contributed by atoms with van der Waals surface area (Å²) in [5.74, 6) is -1.46. The lowest BCUT2D eigenvalue weighted by molar-refractivity contribution is 0.0946. The van der Waals surface area contributed by atoms with E-state index in [1.807, 2.05) is 0 Å². The molecular weight excluding hydrogens is 424 g/mol. The normalized spacial score (nSPS) is 10.8. The minimum absolute atomic E-state index is 0.0237. The Morgan fingerprint density at radius 1 is 1.10 bits per heavy atom. The molecule has 0 fully saturated rings. The minimum atomic E-state index is -0.539. The van der Waals surface area contributed by atoms with Gasteiger partial charge in [-0.15, -0.1) is 5.10 Å². The van der Waals surface area contributed by atoms with Crippen LogP contribution < -0.4 is 5.32 Å². The summed E-state index contributed by atoms with van der Waals surface area (Å²) < 4.78 is 28.9. The molecule has 0 atom stereocenters. The maximum atomic E-state index is 14.1. The van der Waals surface area contributed by atoms with Gasteiger partial charge in [-0.25, -0.2) is 13.5 Å². The van der Waals surface area contributed by atoms with Crippen LogP contribution in [0.5, 0.6) is 0 Å². The number of benzene rings is 2. The Hall–Kier alpha value is -3.65. The Morgan fingerprint density at radius 2 is 1.94 bits per heavy atom. The molecule has 0 aliphatic carbocycles. The van der Waals surface area contributed by atoms with Crippen molar-refractivity contribution in [3.63, 3.8) is 0 Å². The molecule has 0 aliphatic rings. The van der Waals surface area contributed by atoms with E-state index in [0.717, 1.165) is 0 Å². The van der Waals surface area contributed by atoms with Crippen LogP contribution in [0.25, 0.3) is 17.1 Å². The van der Waals surface area contributed by atoms with Crippen LogP contribution in [0.3, 0.4) is 0 Å². The molecule has 2 aromatic carbocycles. The highest BCUT2D eigenvalue weighted by Crippen LogP contribution is 2.26. The van der Waals surface area contributed by atoms with Crippen molar-refractivity contribution in [2.75, 3.05) is 0 Å². The number of carbonyl (C=O) groups excluding carboxylic acids is 1. The molecule has 1 amide bonds. The Morgan fingerprint density at radius 3 is 2.68 bits per heavy atom. The Labute approximate surface area is 181 Å². The van der Waals surface area contributed by atoms with Gasteiger partial charge in [0.15, 0.2) is 5.69 Å². The third-order valence-corrected chi connectivity index (χ3v) is 4.99. The number of amides is 1. The third-order valence-electron chi connectivity index (χ3n) is 4.70. The summed E-state index contributed by atoms with van der Waals surface area (Å²) in [4.78, 5) is 17.2. The van der Waals surface area contributed by atoms with Gasteiger partial charge in [-0.2, -0.15) is 0 Å². The quantitative estimate of drug-likeness (QED) is 0.497. The fourth-order valence-electron chi connectivity index (χ4n) is 3.08. The zero-order valence-corrected chi connectivity index (χ0v) is 17.1. The summed E-state index contributed by atoms with van der Waals surface area (Å²) in [7, 11) is 0. The number of nitrogens with one attached hydrogen (secondary N) is 1. The van der Waals surface area contributed by atoms with Gasteiger partial charge in [0, 0.05) is 18.3 Å². The molecule has 156 valence electrons. The van der Waals surface area contributed by atoms with E-state index in [4.69, 9.17) is 11.6 Å². The average Bonchev–Trinajstić information content (AvgIpc) is 3.22. The van der Waals surface area contributed by atoms with Crippen molar-refractivity contribution in [1.29, 1.82) is 0 Å². The highest BCUT2D eigenvalue weighted by Gasteiger charge is 2.24. The van der Waals surface area contributed by atoms with E-state index in [1.54, 1.807) is 43.5 Å². The van der Waals surface area contributed by atoms with Crippen LogP contribution in [0, 0.1) is 18.6 Å². The van der Waals surface area contributed by atoms with E-state index in [-0.39, 0.29) is 17.3 Å². The summed E-state index contributed by atoms with van der Waals surface area (Å²) in [5, 5.41) is 10.8. The lowest BCUT2D eigenvalue weighted by Gasteiger charge is -2.11. The monoisotopic (exact) mass is 439 g/mol. The van der Waals surface area contributed by atoms with Gasteiger partial charge in [0.25, 0.3) is 5.91 Å². The fraction of sp³-hybridized carbons (Fsp3) is 0.0909. The van der Waals surface area contributed by atoms with Gasteiger partial charge < -0.3 is 5.32 Å². The number of halogens is 3. The number of nitrogens with zero attached hydrogens (tertiary/aromatic N) is 4. The van der Waals surface area contributed by atoms with Crippen molar-refractivity contribution < 1.29 is 13.6 Å². The van der Waals surface area contributed by atoms with Crippen LogP contribution in [0.15, 0.2) is 60.8 Å². The SMILES string of the molecule is Cc1c(F)cccc1-n1nnc(C(=O)NCc2ccc(F)c(Cl)c2)c1-c1ccccn1. The Kier molecular flexibility index (Phi) is 5.73. The molecule has 0 saturated heterocycles. The lowest BCUT2D eigenvalue weighted by atomic mass is 10.1. The lowest BCUT2D eigenvalue weighted by Crippen LogP contribution is -2.24. The molecule has 0 aliphatic heterocycles. The molecule has 4 rings (SSSR count). The molecule has 0 saturated carbocycles. The molecule has 2 heterocycles. The molecule has 6 nitrogen and oxygen atoms in total. The summed E-state index contributed by atoms with van der Waals surface area (Å²) in [5.41, 5.74) is 2.22. The summed E-state index contributed by atoms with van der Waals surface area (Å²) in [6, 6.07) is 14.0. The van der Waals surface area contributed by atoms with E-state index in [0.29, 0.717) is 28.2 Å². The Bertz CT molecular complexity index is 1260. The second kappa shape index (κ2) is 8.61. The van der Waals surface area contributed by atoms with E-state index in [9.17, 15) is 13.6 Å². The van der Waals surface area contributed by atoms with Crippen molar-refractivity contribution in [2.45, 2.75) is 13.5 Å². The number of carbonyl (C=O) groups is 1. The van der Waals surface area contributed by atoms with Crippen molar-refractivity contribution >= 4 is 17.5 Å². The molecule has 0 unspecified atom stereocenters. The van der Waals surface area contributed by atoms with Crippen LogP contribution in [-0.2, 0) is 6.54 Å². The van der Waals surface area contributed by atoms with E-state index < -0.39 is 17.5 Å². The maximum absolute atomic E-state index is 14.1. The first-order chi connectivity index (χ1) is 15.0. The van der Waals surface area contributed by atoms with E-state index in [2.05, 4.69) is 20.6 Å². The van der Waals surface area contributed by atoms with Crippen LogP contribution in [0.4, 0.5) is 8.78 Å². The molecule has 0 radical (unpaired) electrons. The molecular formula is C22H16ClF2N5O. The summed E-state index contributed by atoms with van der Waals surface area (Å²) in [6.45, 7) is 1.72. The zero-order valence-electron chi connectivity index (χ0n) is 16.3. The first kappa shape index (κ1) is 20.6. The number of rotatable bonds is 5. The van der Waals surface area contributed by atoms with Gasteiger partial charge in [0.1, 0.15) is 17.3 Å². The molecule has 4 aromatic rings. The van der Waals surface area contributed by atoms with Crippen LogP contribution in [0.1, 0.15) is 21.6 Å². The molecule has 9 heteroatoms. The second-order valence-corrected chi connectivity index (χ2v) is 7.14. The van der Waals surface area contributed by atoms with Crippen molar-refractivity contribution in [2.24, 2.45) is 0 Å². The number of hydrogen-bond acceptors (Lipinski definition) is 4. The van der Waals surface area contributed by atoms with Crippen molar-refractivity contribution in [3.8, 4) is 17.1 Å². The van der Waals surface area contributed by atoms with Gasteiger partial charge in [0.2, 0.25) is 0 Å². The highest BCUT2D eigenvalue weighted by atomic mass is 35.5. The average molecular weight is 440 g/mol. The molecule has 2 aromatic heterocycles. The highest BCUT2D eigenvalue weighted by molar-refractivity contribution is 6.30. The molecule has 0 bridgehead atoms. The summed E-state index contributed by atoms with van der Waals surface area (Å²) >= 11 is 5.80. The van der Waals surface area contributed by atoms with Gasteiger partial charge in [-0.1, -0.05) is 35.0 Å². The first-order valence-electron chi connectivity index (χ1n) is 9.30. The number of pyridine rings is 1. The predicted octanol–water partition coefficient (Wildman–Crippen LogP) is 4.50. The van der Waals surface area contributed by atoms with Crippen molar-refractivity contribution in [1.82, 2.24) is 25.3 Å². The zero-order chi connectivity index (χ0) is 22.0. The van der Waals surface area contributed by atoms with Gasteiger partial charge in [-0.05, 0) is 48.9 Å². The largest absolute Gasteiger partial charge is 0.346 e. The van der Waals surface area contributed by atoms with Gasteiger partial charge in [-0.3, -0.25) is 9.78 Å². The fourth-order valence-corrected chi connectivity index (χ4v) is 3.28. The van der Waals surface area contributed by atoms with E-state index >= 15 is 0 Å². The topological polar surface area (TPSA) is 72.7 Å². The standard InChI is InChI=1S/C22H16ClF2N5O/c1-13-16(24)5-4-7-19(13)30-21(18-6-2-3-10-26-18)20(28-29-30)22(31)27-12-14-8-9-17(25)15(23)11-14/h2-11H,12H2,1H3,(H,27,31). The number of hydrogen-bond donors (Lipinski definition) is 1. The van der Waals surface area contributed by atoms with Gasteiger partial charge in [0.05, 0.1) is 16.4 Å². The van der Waals surface area contributed by atoms with E-state index in [1.165, 1.54) is 28.9 Å². The van der Waals surface area contributed by atoms with Crippen LogP contribution in [-0.4, -0.2) is 25.9 Å². The second-order valence-electron chi connectivity index (χ2n) is 6.73. The maximum Gasteiger partial charge on any atom is 0.274 e. The van der Waals surface area contributed by atoms with Crippen LogP contribution in [0.2, 0.25) is 5.02 Å². The number of aromatic nitrogens is 4. The Balaban J connectivity index is 1.72. The smallest absolute Gasteiger partial charge is 0.274 e. The molecule has 31 heavy (non-hydrogen) atoms. The third kappa shape index (κ3) is 4.15. The van der Waals surface area contributed by atoms with Crippen molar-refractivity contribution in [3.05, 3.63) is 94.3 Å². The first-order valence-corrected chi connectivity index (χ1v) is 9.68.